The van der Waals surface area contributed by atoms with E-state index in [1.54, 1.807) is 0 Å². The van der Waals surface area contributed by atoms with Crippen molar-refractivity contribution in [3.05, 3.63) is 77.4 Å². The van der Waals surface area contributed by atoms with E-state index in [-0.39, 0.29) is 12.4 Å². The number of benzene rings is 3. The van der Waals surface area contributed by atoms with Crippen molar-refractivity contribution in [3.8, 4) is 5.75 Å². The van der Waals surface area contributed by atoms with Gasteiger partial charge in [-0.25, -0.2) is 4.79 Å². The van der Waals surface area contributed by atoms with Crippen LogP contribution in [-0.4, -0.2) is 18.4 Å². The summed E-state index contributed by atoms with van der Waals surface area (Å²) in [6, 6.07) is 19.6. The molecule has 0 heterocycles. The molecule has 0 amide bonds. The molecule has 0 unspecified atom stereocenters. The standard InChI is InChI=1S/C22H22N2O3/c1-15-10-11-19(12-16(15)2)26-14-22(25)27-24-21(23)13-18-8-5-7-17-6-3-4-9-20(17)18/h3-12H,13-14H2,1-2H3,(H2,23,24). The fourth-order valence-corrected chi connectivity index (χ4v) is 2.76. The number of hydrogen-bond acceptors (Lipinski definition) is 4. The van der Waals surface area contributed by atoms with Crippen LogP contribution in [0.4, 0.5) is 0 Å². The highest BCUT2D eigenvalue weighted by atomic mass is 16.7. The second-order valence-corrected chi connectivity index (χ2v) is 6.40. The molecule has 3 rings (SSSR count). The molecule has 0 saturated carbocycles. The fraction of sp³-hybridized carbons (Fsp3) is 0.182. The van der Waals surface area contributed by atoms with Gasteiger partial charge < -0.3 is 15.3 Å². The van der Waals surface area contributed by atoms with E-state index < -0.39 is 5.97 Å². The first kappa shape index (κ1) is 18.5. The molecule has 138 valence electrons. The van der Waals surface area contributed by atoms with Crippen molar-refractivity contribution in [3.63, 3.8) is 0 Å². The lowest BCUT2D eigenvalue weighted by Crippen LogP contribution is -2.19. The molecule has 0 bridgehead atoms. The van der Waals surface area contributed by atoms with Crippen molar-refractivity contribution >= 4 is 22.6 Å². The molecule has 0 radical (unpaired) electrons. The molecule has 0 aliphatic carbocycles. The van der Waals surface area contributed by atoms with Gasteiger partial charge in [0.25, 0.3) is 0 Å². The van der Waals surface area contributed by atoms with Gasteiger partial charge >= 0.3 is 5.97 Å². The summed E-state index contributed by atoms with van der Waals surface area (Å²) < 4.78 is 5.43. The van der Waals surface area contributed by atoms with Crippen LogP contribution in [0.25, 0.3) is 10.8 Å². The van der Waals surface area contributed by atoms with Crippen LogP contribution < -0.4 is 10.5 Å². The van der Waals surface area contributed by atoms with Gasteiger partial charge in [0.1, 0.15) is 11.6 Å². The van der Waals surface area contributed by atoms with Crippen molar-refractivity contribution in [1.82, 2.24) is 0 Å². The number of ether oxygens (including phenoxy) is 1. The number of carbonyl (C=O) groups is 1. The number of carbonyl (C=O) groups excluding carboxylic acids is 1. The third-order valence-electron chi connectivity index (χ3n) is 4.35. The molecule has 27 heavy (non-hydrogen) atoms. The van der Waals surface area contributed by atoms with Gasteiger partial charge in [-0.1, -0.05) is 53.7 Å². The van der Waals surface area contributed by atoms with Crippen molar-refractivity contribution in [1.29, 1.82) is 0 Å². The van der Waals surface area contributed by atoms with Crippen LogP contribution in [0.15, 0.2) is 65.8 Å². The first-order chi connectivity index (χ1) is 13.0. The van der Waals surface area contributed by atoms with Crippen LogP contribution in [0.5, 0.6) is 5.75 Å². The van der Waals surface area contributed by atoms with Crippen LogP contribution in [0.1, 0.15) is 16.7 Å². The van der Waals surface area contributed by atoms with Crippen LogP contribution in [0.3, 0.4) is 0 Å². The number of hydrogen-bond donors (Lipinski definition) is 1. The monoisotopic (exact) mass is 362 g/mol. The predicted molar refractivity (Wildman–Crippen MR) is 107 cm³/mol. The number of aryl methyl sites for hydroxylation is 2. The average molecular weight is 362 g/mol. The van der Waals surface area contributed by atoms with Crippen molar-refractivity contribution in [2.45, 2.75) is 20.3 Å². The summed E-state index contributed by atoms with van der Waals surface area (Å²) in [6.07, 6.45) is 0.395. The van der Waals surface area contributed by atoms with E-state index in [1.165, 1.54) is 0 Å². The number of nitrogens with two attached hydrogens (primary N) is 1. The highest BCUT2D eigenvalue weighted by Gasteiger charge is 2.07. The van der Waals surface area contributed by atoms with Gasteiger partial charge in [0.2, 0.25) is 0 Å². The zero-order valence-corrected chi connectivity index (χ0v) is 15.4. The summed E-state index contributed by atoms with van der Waals surface area (Å²) in [5.74, 6) is 0.239. The summed E-state index contributed by atoms with van der Waals surface area (Å²) in [5.41, 5.74) is 9.20. The van der Waals surface area contributed by atoms with Crippen molar-refractivity contribution < 1.29 is 14.4 Å². The van der Waals surface area contributed by atoms with Crippen LogP contribution in [-0.2, 0) is 16.1 Å². The maximum Gasteiger partial charge on any atom is 0.372 e. The molecule has 2 N–H and O–H groups in total. The third kappa shape index (κ3) is 4.85. The largest absolute Gasteiger partial charge is 0.482 e. The first-order valence-corrected chi connectivity index (χ1v) is 8.72. The molecule has 3 aromatic rings. The minimum absolute atomic E-state index is 0.228. The van der Waals surface area contributed by atoms with Gasteiger partial charge in [0.05, 0.1) is 0 Å². The third-order valence-corrected chi connectivity index (χ3v) is 4.35. The molecule has 0 aliphatic rings. The molecule has 0 spiro atoms. The Morgan fingerprint density at radius 1 is 1.00 bits per heavy atom. The molecule has 0 atom stereocenters. The second-order valence-electron chi connectivity index (χ2n) is 6.40. The summed E-state index contributed by atoms with van der Waals surface area (Å²) in [6.45, 7) is 3.77. The van der Waals surface area contributed by atoms with Gasteiger partial charge in [-0.2, -0.15) is 0 Å². The Hall–Kier alpha value is -3.34. The Labute approximate surface area is 158 Å². The maximum atomic E-state index is 11.8. The Morgan fingerprint density at radius 2 is 1.78 bits per heavy atom. The zero-order chi connectivity index (χ0) is 19.2. The van der Waals surface area contributed by atoms with Gasteiger partial charge in [-0.3, -0.25) is 0 Å². The molecule has 3 aromatic carbocycles. The minimum Gasteiger partial charge on any atom is -0.482 e. The number of oxime groups is 1. The quantitative estimate of drug-likeness (QED) is 0.312. The van der Waals surface area contributed by atoms with Gasteiger partial charge in [-0.15, -0.1) is 0 Å². The molecule has 0 fully saturated rings. The van der Waals surface area contributed by atoms with E-state index in [2.05, 4.69) is 5.16 Å². The lowest BCUT2D eigenvalue weighted by Gasteiger charge is -2.07. The lowest BCUT2D eigenvalue weighted by molar-refractivity contribution is -0.146. The SMILES string of the molecule is Cc1ccc(OCC(=O)O/N=C(/N)Cc2cccc3ccccc23)cc1C. The zero-order valence-electron chi connectivity index (χ0n) is 15.4. The first-order valence-electron chi connectivity index (χ1n) is 8.72. The molecule has 0 saturated heterocycles. The number of rotatable bonds is 6. The highest BCUT2D eigenvalue weighted by molar-refractivity contribution is 5.91. The molecule has 5 heteroatoms. The van der Waals surface area contributed by atoms with Crippen LogP contribution in [0.2, 0.25) is 0 Å². The molecular weight excluding hydrogens is 340 g/mol. The summed E-state index contributed by atoms with van der Waals surface area (Å²) in [4.78, 5) is 16.7. The van der Waals surface area contributed by atoms with E-state index in [9.17, 15) is 4.79 Å². The number of nitrogens with zero attached hydrogens (tertiary/aromatic N) is 1. The Kier molecular flexibility index (Phi) is 5.71. The Balaban J connectivity index is 1.56. The van der Waals surface area contributed by atoms with Crippen LogP contribution >= 0.6 is 0 Å². The Bertz CT molecular complexity index is 991. The molecule has 5 nitrogen and oxygen atoms in total. The van der Waals surface area contributed by atoms with E-state index in [0.29, 0.717) is 12.2 Å². The Morgan fingerprint density at radius 3 is 2.59 bits per heavy atom. The second kappa shape index (κ2) is 8.36. The van der Waals surface area contributed by atoms with Gasteiger partial charge in [0.15, 0.2) is 6.61 Å². The van der Waals surface area contributed by atoms with E-state index >= 15 is 0 Å². The minimum atomic E-state index is -0.603. The summed E-state index contributed by atoms with van der Waals surface area (Å²) in [5, 5.41) is 5.96. The normalized spacial score (nSPS) is 11.4. The molecule has 0 aromatic heterocycles. The maximum absolute atomic E-state index is 11.8. The van der Waals surface area contributed by atoms with E-state index in [0.717, 1.165) is 27.5 Å². The van der Waals surface area contributed by atoms with E-state index in [1.807, 2.05) is 74.5 Å². The number of fused-ring (bicyclic) bond motifs is 1. The van der Waals surface area contributed by atoms with Gasteiger partial charge in [0, 0.05) is 6.42 Å². The van der Waals surface area contributed by atoms with E-state index in [4.69, 9.17) is 15.3 Å². The van der Waals surface area contributed by atoms with Gasteiger partial charge in [-0.05, 0) is 53.4 Å². The van der Waals surface area contributed by atoms with Crippen molar-refractivity contribution in [2.24, 2.45) is 10.9 Å². The number of amidine groups is 1. The summed E-state index contributed by atoms with van der Waals surface area (Å²) >= 11 is 0. The molecular formula is C22H22N2O3. The predicted octanol–water partition coefficient (Wildman–Crippen LogP) is 3.89. The fourth-order valence-electron chi connectivity index (χ4n) is 2.76. The molecule has 0 aliphatic heterocycles. The smallest absolute Gasteiger partial charge is 0.372 e. The lowest BCUT2D eigenvalue weighted by atomic mass is 10.0. The topological polar surface area (TPSA) is 73.9 Å². The average Bonchev–Trinajstić information content (AvgIpc) is 2.67. The van der Waals surface area contributed by atoms with Crippen molar-refractivity contribution in [2.75, 3.05) is 6.61 Å². The highest BCUT2D eigenvalue weighted by Crippen LogP contribution is 2.19. The van der Waals surface area contributed by atoms with Crippen LogP contribution in [0, 0.1) is 13.8 Å². The summed E-state index contributed by atoms with van der Waals surface area (Å²) in [7, 11) is 0.